The maximum absolute atomic E-state index is 5.41. The first-order valence-corrected chi connectivity index (χ1v) is 5.51. The largest absolute Gasteiger partial charge is 0.368 e. The molecule has 0 atom stereocenters. The molecule has 0 spiro atoms. The third-order valence-corrected chi connectivity index (χ3v) is 2.81. The van der Waals surface area contributed by atoms with Crippen LogP contribution in [0.25, 0.3) is 0 Å². The molecule has 2 aromatic heterocycles. The maximum atomic E-state index is 5.41. The van der Waals surface area contributed by atoms with Crippen LogP contribution in [0.3, 0.4) is 0 Å². The van der Waals surface area contributed by atoms with Gasteiger partial charge in [0.15, 0.2) is 0 Å². The highest BCUT2D eigenvalue weighted by molar-refractivity contribution is 7.99. The molecule has 7 heteroatoms. The summed E-state index contributed by atoms with van der Waals surface area (Å²) in [6.45, 7) is 0. The summed E-state index contributed by atoms with van der Waals surface area (Å²) in [5.41, 5.74) is 5.41. The summed E-state index contributed by atoms with van der Waals surface area (Å²) in [4.78, 5) is 8.23. The van der Waals surface area contributed by atoms with Crippen molar-refractivity contribution in [3.05, 3.63) is 18.2 Å². The van der Waals surface area contributed by atoms with E-state index in [0.717, 1.165) is 18.0 Å². The quantitative estimate of drug-likeness (QED) is 0.737. The molecular formula is C8H12N6S. The lowest BCUT2D eigenvalue weighted by molar-refractivity contribution is 0.810. The summed E-state index contributed by atoms with van der Waals surface area (Å²) in [6, 6.07) is 0. The second-order valence-corrected chi connectivity index (χ2v) is 4.12. The fourth-order valence-electron chi connectivity index (χ4n) is 1.19. The van der Waals surface area contributed by atoms with Gasteiger partial charge in [0.2, 0.25) is 11.1 Å². The van der Waals surface area contributed by atoms with E-state index >= 15 is 0 Å². The molecule has 2 heterocycles. The number of aryl methyl sites for hydroxylation is 2. The number of nitrogen functional groups attached to an aromatic ring is 1. The third-order valence-electron chi connectivity index (χ3n) is 1.96. The van der Waals surface area contributed by atoms with Crippen molar-refractivity contribution >= 4 is 17.7 Å². The Morgan fingerprint density at radius 2 is 2.47 bits per heavy atom. The Balaban J connectivity index is 1.83. The summed E-state index contributed by atoms with van der Waals surface area (Å²) in [6.07, 6.45) is 4.62. The first-order valence-electron chi connectivity index (χ1n) is 4.52. The molecule has 6 nitrogen and oxygen atoms in total. The van der Waals surface area contributed by atoms with Crippen molar-refractivity contribution < 1.29 is 0 Å². The zero-order chi connectivity index (χ0) is 10.7. The van der Waals surface area contributed by atoms with Gasteiger partial charge < -0.3 is 10.3 Å². The number of nitrogens with zero attached hydrogens (tertiary/aromatic N) is 4. The van der Waals surface area contributed by atoms with Crippen molar-refractivity contribution in [3.63, 3.8) is 0 Å². The topological polar surface area (TPSA) is 85.4 Å². The summed E-state index contributed by atoms with van der Waals surface area (Å²) in [5.74, 6) is 2.31. The summed E-state index contributed by atoms with van der Waals surface area (Å²) < 4.78 is 2.01. The summed E-state index contributed by atoms with van der Waals surface area (Å²) in [7, 11) is 1.98. The maximum Gasteiger partial charge on any atom is 0.216 e. The molecule has 2 aromatic rings. The Morgan fingerprint density at radius 3 is 3.07 bits per heavy atom. The SMILES string of the molecule is Cn1ccnc1CCSc1n[nH]c(N)n1. The number of aromatic amines is 1. The van der Waals surface area contributed by atoms with Gasteiger partial charge in [0, 0.05) is 31.6 Å². The van der Waals surface area contributed by atoms with Crippen LogP contribution < -0.4 is 5.73 Å². The van der Waals surface area contributed by atoms with E-state index in [9.17, 15) is 0 Å². The molecule has 0 aliphatic rings. The lowest BCUT2D eigenvalue weighted by atomic mass is 10.4. The van der Waals surface area contributed by atoms with Crippen LogP contribution in [-0.4, -0.2) is 30.5 Å². The van der Waals surface area contributed by atoms with Gasteiger partial charge in [-0.05, 0) is 0 Å². The number of anilines is 1. The molecule has 3 N–H and O–H groups in total. The smallest absolute Gasteiger partial charge is 0.216 e. The Hall–Kier alpha value is -1.50. The highest BCUT2D eigenvalue weighted by atomic mass is 32.2. The monoisotopic (exact) mass is 224 g/mol. The number of nitrogens with one attached hydrogen (secondary N) is 1. The minimum atomic E-state index is 0.356. The van der Waals surface area contributed by atoms with Crippen LogP contribution in [0.1, 0.15) is 5.82 Å². The number of imidazole rings is 1. The van der Waals surface area contributed by atoms with E-state index in [-0.39, 0.29) is 0 Å². The van der Waals surface area contributed by atoms with E-state index in [1.807, 2.05) is 17.8 Å². The van der Waals surface area contributed by atoms with Crippen LogP contribution in [0, 0.1) is 0 Å². The van der Waals surface area contributed by atoms with E-state index in [2.05, 4.69) is 20.2 Å². The number of hydrogen-bond donors (Lipinski definition) is 2. The fraction of sp³-hybridized carbons (Fsp3) is 0.375. The van der Waals surface area contributed by atoms with Crippen molar-refractivity contribution in [2.24, 2.45) is 7.05 Å². The van der Waals surface area contributed by atoms with Gasteiger partial charge in [-0.3, -0.25) is 0 Å². The van der Waals surface area contributed by atoms with E-state index < -0.39 is 0 Å². The van der Waals surface area contributed by atoms with Gasteiger partial charge in [-0.1, -0.05) is 11.8 Å². The van der Waals surface area contributed by atoms with Gasteiger partial charge in [-0.15, -0.1) is 5.10 Å². The van der Waals surface area contributed by atoms with Crippen molar-refractivity contribution in [1.29, 1.82) is 0 Å². The van der Waals surface area contributed by atoms with E-state index in [0.29, 0.717) is 11.1 Å². The van der Waals surface area contributed by atoms with Gasteiger partial charge in [-0.25, -0.2) is 10.1 Å². The molecule has 0 fully saturated rings. The predicted molar refractivity (Wildman–Crippen MR) is 58.4 cm³/mol. The molecule has 0 radical (unpaired) electrons. The first kappa shape index (κ1) is 10.0. The first-order chi connectivity index (χ1) is 7.25. The Kier molecular flexibility index (Phi) is 2.91. The lowest BCUT2D eigenvalue weighted by Gasteiger charge is -1.99. The molecule has 80 valence electrons. The summed E-state index contributed by atoms with van der Waals surface area (Å²) >= 11 is 1.56. The van der Waals surface area contributed by atoms with Crippen molar-refractivity contribution in [2.45, 2.75) is 11.6 Å². The van der Waals surface area contributed by atoms with E-state index in [1.54, 1.807) is 18.0 Å². The third kappa shape index (κ3) is 2.50. The van der Waals surface area contributed by atoms with Gasteiger partial charge in [0.1, 0.15) is 5.82 Å². The molecule has 0 bridgehead atoms. The second-order valence-electron chi connectivity index (χ2n) is 3.06. The van der Waals surface area contributed by atoms with Crippen LogP contribution in [0.5, 0.6) is 0 Å². The number of hydrogen-bond acceptors (Lipinski definition) is 5. The standard InChI is InChI=1S/C8H12N6S/c1-14-4-3-10-6(14)2-5-15-8-11-7(9)12-13-8/h3-4H,2,5H2,1H3,(H3,9,11,12,13). The van der Waals surface area contributed by atoms with Crippen LogP contribution >= 0.6 is 11.8 Å². The minimum Gasteiger partial charge on any atom is -0.368 e. The molecule has 0 aromatic carbocycles. The molecule has 0 aliphatic carbocycles. The molecule has 0 aliphatic heterocycles. The van der Waals surface area contributed by atoms with Crippen molar-refractivity contribution in [3.8, 4) is 0 Å². The van der Waals surface area contributed by atoms with E-state index in [1.165, 1.54) is 0 Å². The van der Waals surface area contributed by atoms with Gasteiger partial charge in [-0.2, -0.15) is 4.98 Å². The number of nitrogens with two attached hydrogens (primary N) is 1. The number of rotatable bonds is 4. The average Bonchev–Trinajstić information content (AvgIpc) is 2.77. The van der Waals surface area contributed by atoms with Crippen LogP contribution in [-0.2, 0) is 13.5 Å². The van der Waals surface area contributed by atoms with Crippen LogP contribution in [0.15, 0.2) is 17.6 Å². The van der Waals surface area contributed by atoms with Gasteiger partial charge in [0.05, 0.1) is 0 Å². The highest BCUT2D eigenvalue weighted by Crippen LogP contribution is 2.14. The number of thioether (sulfide) groups is 1. The molecule has 0 saturated carbocycles. The minimum absolute atomic E-state index is 0.356. The zero-order valence-electron chi connectivity index (χ0n) is 8.34. The molecule has 0 amide bonds. The second kappa shape index (κ2) is 4.35. The zero-order valence-corrected chi connectivity index (χ0v) is 9.16. The Bertz CT molecular complexity index is 434. The fourth-order valence-corrected chi connectivity index (χ4v) is 1.93. The predicted octanol–water partition coefficient (Wildman–Crippen LogP) is 0.455. The Labute approximate surface area is 91.3 Å². The molecule has 15 heavy (non-hydrogen) atoms. The van der Waals surface area contributed by atoms with Crippen LogP contribution in [0.4, 0.5) is 5.95 Å². The Morgan fingerprint density at radius 1 is 1.60 bits per heavy atom. The van der Waals surface area contributed by atoms with Gasteiger partial charge >= 0.3 is 0 Å². The molecular weight excluding hydrogens is 212 g/mol. The van der Waals surface area contributed by atoms with Crippen LogP contribution in [0.2, 0.25) is 0 Å². The molecule has 2 rings (SSSR count). The van der Waals surface area contributed by atoms with Crippen molar-refractivity contribution in [2.75, 3.05) is 11.5 Å². The number of H-pyrrole nitrogens is 1. The van der Waals surface area contributed by atoms with Crippen molar-refractivity contribution in [1.82, 2.24) is 24.7 Å². The highest BCUT2D eigenvalue weighted by Gasteiger charge is 2.03. The van der Waals surface area contributed by atoms with E-state index in [4.69, 9.17) is 5.73 Å². The lowest BCUT2D eigenvalue weighted by Crippen LogP contribution is -1.99. The molecule has 0 unspecified atom stereocenters. The molecule has 0 saturated heterocycles. The summed E-state index contributed by atoms with van der Waals surface area (Å²) in [5, 5.41) is 7.21. The normalized spacial score (nSPS) is 10.7. The number of aromatic nitrogens is 5. The average molecular weight is 224 g/mol. The van der Waals surface area contributed by atoms with Gasteiger partial charge in [0.25, 0.3) is 0 Å².